The number of benzene rings is 1. The number of rotatable bonds is 5. The molecule has 0 saturated heterocycles. The lowest BCUT2D eigenvalue weighted by Gasteiger charge is -2.30. The van der Waals surface area contributed by atoms with Gasteiger partial charge >= 0.3 is 6.03 Å². The first-order chi connectivity index (χ1) is 14.2. The highest BCUT2D eigenvalue weighted by molar-refractivity contribution is 5.94. The number of aromatic nitrogens is 2. The fourth-order valence-corrected chi connectivity index (χ4v) is 2.94. The first-order valence-corrected chi connectivity index (χ1v) is 10.7. The normalized spacial score (nSPS) is 12.1. The van der Waals surface area contributed by atoms with Crippen molar-refractivity contribution in [2.75, 3.05) is 11.9 Å². The van der Waals surface area contributed by atoms with E-state index in [0.717, 1.165) is 16.9 Å². The monoisotopic (exact) mass is 427 g/mol. The number of anilines is 1. The molecule has 0 fully saturated rings. The van der Waals surface area contributed by atoms with E-state index in [9.17, 15) is 9.59 Å². The number of carbonyl (C=O) groups excluding carboxylic acids is 2. The van der Waals surface area contributed by atoms with Crippen LogP contribution < -0.4 is 10.6 Å². The molecule has 1 heterocycles. The third-order valence-corrected chi connectivity index (χ3v) is 4.70. The van der Waals surface area contributed by atoms with Gasteiger partial charge in [-0.25, -0.2) is 9.48 Å². The molecule has 31 heavy (non-hydrogen) atoms. The van der Waals surface area contributed by atoms with Gasteiger partial charge in [0.2, 0.25) is 5.91 Å². The minimum Gasteiger partial charge on any atom is -0.333 e. The van der Waals surface area contributed by atoms with E-state index >= 15 is 0 Å². The lowest BCUT2D eigenvalue weighted by molar-refractivity contribution is -0.117. The molecule has 0 unspecified atom stereocenters. The lowest BCUT2D eigenvalue weighted by Crippen LogP contribution is -2.52. The number of carbonyl (C=O) groups is 2. The van der Waals surface area contributed by atoms with Crippen LogP contribution in [0, 0.1) is 6.92 Å². The molecule has 3 amide bonds. The Kier molecular flexibility index (Phi) is 7.19. The van der Waals surface area contributed by atoms with Crippen molar-refractivity contribution in [3.05, 3.63) is 41.6 Å². The Morgan fingerprint density at radius 1 is 1.06 bits per heavy atom. The molecular weight excluding hydrogens is 390 g/mol. The second kappa shape index (κ2) is 9.12. The van der Waals surface area contributed by atoms with Gasteiger partial charge in [0.15, 0.2) is 0 Å². The van der Waals surface area contributed by atoms with Crippen LogP contribution in [0.2, 0.25) is 0 Å². The molecule has 170 valence electrons. The van der Waals surface area contributed by atoms with Crippen molar-refractivity contribution in [2.45, 2.75) is 79.3 Å². The summed E-state index contributed by atoms with van der Waals surface area (Å²) in [5.41, 5.74) is 2.32. The molecule has 1 aromatic carbocycles. The standard InChI is InChI=1S/C24H37N5O2/c1-16(2)28(22(31)26-24(7,8)9)15-21(30)25-20-14-19(23(4,5)6)27-29(20)18-12-10-17(3)11-13-18/h10-14,16H,15H2,1-9H3,(H,25,30)(H,26,31). The van der Waals surface area contributed by atoms with Gasteiger partial charge in [-0.15, -0.1) is 0 Å². The average molecular weight is 428 g/mol. The van der Waals surface area contributed by atoms with Gasteiger partial charge < -0.3 is 15.5 Å². The molecular formula is C24H37N5O2. The van der Waals surface area contributed by atoms with Gasteiger partial charge in [-0.05, 0) is 53.7 Å². The fraction of sp³-hybridized carbons (Fsp3) is 0.542. The Bertz CT molecular complexity index is 915. The summed E-state index contributed by atoms with van der Waals surface area (Å²) in [5, 5.41) is 10.6. The fourth-order valence-electron chi connectivity index (χ4n) is 2.94. The summed E-state index contributed by atoms with van der Waals surface area (Å²) >= 11 is 0. The quantitative estimate of drug-likeness (QED) is 0.730. The van der Waals surface area contributed by atoms with Crippen molar-refractivity contribution >= 4 is 17.8 Å². The first-order valence-electron chi connectivity index (χ1n) is 10.7. The third kappa shape index (κ3) is 6.84. The van der Waals surface area contributed by atoms with Crippen molar-refractivity contribution in [3.8, 4) is 5.69 Å². The average Bonchev–Trinajstić information content (AvgIpc) is 3.02. The van der Waals surface area contributed by atoms with E-state index in [-0.39, 0.29) is 35.5 Å². The van der Waals surface area contributed by atoms with Crippen molar-refractivity contribution < 1.29 is 9.59 Å². The minimum absolute atomic E-state index is 0.0521. The highest BCUT2D eigenvalue weighted by Crippen LogP contribution is 2.26. The predicted molar refractivity (Wildman–Crippen MR) is 126 cm³/mol. The lowest BCUT2D eigenvalue weighted by atomic mass is 9.92. The van der Waals surface area contributed by atoms with Crippen molar-refractivity contribution in [1.29, 1.82) is 0 Å². The zero-order chi connectivity index (χ0) is 23.6. The van der Waals surface area contributed by atoms with Gasteiger partial charge in [0.05, 0.1) is 11.4 Å². The molecule has 7 heteroatoms. The summed E-state index contributed by atoms with van der Waals surface area (Å²) < 4.78 is 1.74. The third-order valence-electron chi connectivity index (χ3n) is 4.70. The van der Waals surface area contributed by atoms with E-state index in [1.807, 2.05) is 71.9 Å². The second-order valence-corrected chi connectivity index (χ2v) is 10.4. The Hall–Kier alpha value is -2.83. The maximum absolute atomic E-state index is 12.9. The maximum Gasteiger partial charge on any atom is 0.318 e. The van der Waals surface area contributed by atoms with Gasteiger partial charge in [0.25, 0.3) is 0 Å². The van der Waals surface area contributed by atoms with E-state index in [4.69, 9.17) is 5.10 Å². The van der Waals surface area contributed by atoms with Crippen LogP contribution in [0.25, 0.3) is 5.69 Å². The number of hydrogen-bond acceptors (Lipinski definition) is 3. The highest BCUT2D eigenvalue weighted by Gasteiger charge is 2.26. The van der Waals surface area contributed by atoms with Crippen LogP contribution >= 0.6 is 0 Å². The topological polar surface area (TPSA) is 79.3 Å². The van der Waals surface area contributed by atoms with Gasteiger partial charge in [-0.3, -0.25) is 4.79 Å². The zero-order valence-corrected chi connectivity index (χ0v) is 20.3. The molecule has 2 N–H and O–H groups in total. The van der Waals surface area contributed by atoms with Crippen LogP contribution in [0.4, 0.5) is 10.6 Å². The van der Waals surface area contributed by atoms with Crippen LogP contribution in [0.5, 0.6) is 0 Å². The SMILES string of the molecule is Cc1ccc(-n2nc(C(C)(C)C)cc2NC(=O)CN(C(=O)NC(C)(C)C)C(C)C)cc1. The van der Waals surface area contributed by atoms with Crippen molar-refractivity contribution in [1.82, 2.24) is 20.0 Å². The summed E-state index contributed by atoms with van der Waals surface area (Å²) in [5.74, 6) is 0.310. The second-order valence-electron chi connectivity index (χ2n) is 10.4. The van der Waals surface area contributed by atoms with Gasteiger partial charge in [-0.1, -0.05) is 38.5 Å². The molecule has 0 bridgehead atoms. The summed E-state index contributed by atoms with van der Waals surface area (Å²) in [6.45, 7) is 17.7. The maximum atomic E-state index is 12.9. The molecule has 0 atom stereocenters. The molecule has 0 radical (unpaired) electrons. The Balaban J connectivity index is 2.29. The van der Waals surface area contributed by atoms with Gasteiger partial charge in [0, 0.05) is 23.1 Å². The van der Waals surface area contributed by atoms with E-state index in [1.165, 1.54) is 4.90 Å². The largest absolute Gasteiger partial charge is 0.333 e. The Labute approximate surface area is 186 Å². The molecule has 0 aliphatic rings. The highest BCUT2D eigenvalue weighted by atomic mass is 16.2. The molecule has 1 aromatic heterocycles. The molecule has 0 saturated carbocycles. The van der Waals surface area contributed by atoms with Crippen LogP contribution in [0.15, 0.2) is 30.3 Å². The summed E-state index contributed by atoms with van der Waals surface area (Å²) in [6.07, 6.45) is 0. The van der Waals surface area contributed by atoms with E-state index < -0.39 is 0 Å². The Morgan fingerprint density at radius 2 is 1.65 bits per heavy atom. The van der Waals surface area contributed by atoms with Crippen LogP contribution in [-0.4, -0.2) is 44.7 Å². The molecule has 2 rings (SSSR count). The minimum atomic E-state index is -0.383. The van der Waals surface area contributed by atoms with E-state index in [0.29, 0.717) is 5.82 Å². The van der Waals surface area contributed by atoms with Gasteiger partial charge in [0.1, 0.15) is 12.4 Å². The summed E-state index contributed by atoms with van der Waals surface area (Å²) in [4.78, 5) is 27.1. The molecule has 2 aromatic rings. The van der Waals surface area contributed by atoms with Crippen LogP contribution in [0.3, 0.4) is 0 Å². The number of aryl methyl sites for hydroxylation is 1. The zero-order valence-electron chi connectivity index (χ0n) is 20.3. The smallest absolute Gasteiger partial charge is 0.318 e. The molecule has 0 spiro atoms. The van der Waals surface area contributed by atoms with E-state index in [2.05, 4.69) is 31.4 Å². The van der Waals surface area contributed by atoms with Crippen molar-refractivity contribution in [3.63, 3.8) is 0 Å². The number of nitrogens with one attached hydrogen (secondary N) is 2. The number of amides is 3. The summed E-state index contributed by atoms with van der Waals surface area (Å²) in [6, 6.07) is 9.48. The van der Waals surface area contributed by atoms with Gasteiger partial charge in [-0.2, -0.15) is 5.10 Å². The van der Waals surface area contributed by atoms with Crippen molar-refractivity contribution in [2.24, 2.45) is 0 Å². The number of hydrogen-bond donors (Lipinski definition) is 2. The molecule has 0 aliphatic heterocycles. The number of urea groups is 1. The predicted octanol–water partition coefficient (Wildman–Crippen LogP) is 4.64. The van der Waals surface area contributed by atoms with E-state index in [1.54, 1.807) is 4.68 Å². The van der Waals surface area contributed by atoms with Crippen LogP contribution in [0.1, 0.15) is 66.6 Å². The van der Waals surface area contributed by atoms with Crippen LogP contribution in [-0.2, 0) is 10.2 Å². The molecule has 7 nitrogen and oxygen atoms in total. The summed E-state index contributed by atoms with van der Waals surface area (Å²) in [7, 11) is 0. The molecule has 0 aliphatic carbocycles. The number of nitrogens with zero attached hydrogens (tertiary/aromatic N) is 3. The Morgan fingerprint density at radius 3 is 2.13 bits per heavy atom. The first kappa shape index (κ1) is 24.4.